The maximum Gasteiger partial charge on any atom is 0.238 e. The molecule has 1 aromatic heterocycles. The van der Waals surface area contributed by atoms with Gasteiger partial charge in [0.25, 0.3) is 0 Å². The zero-order chi connectivity index (χ0) is 18.4. The summed E-state index contributed by atoms with van der Waals surface area (Å²) < 4.78 is 0. The number of hydrogen-bond donors (Lipinski definition) is 1. The van der Waals surface area contributed by atoms with Crippen LogP contribution in [0.1, 0.15) is 31.7 Å². The Kier molecular flexibility index (Phi) is 6.23. The average Bonchev–Trinajstić information content (AvgIpc) is 2.69. The predicted molar refractivity (Wildman–Crippen MR) is 107 cm³/mol. The van der Waals surface area contributed by atoms with E-state index in [2.05, 4.69) is 46.1 Å². The average molecular weight is 352 g/mol. The molecule has 3 rings (SSSR count). The zero-order valence-corrected chi connectivity index (χ0v) is 15.7. The van der Waals surface area contributed by atoms with Crippen molar-refractivity contribution in [1.29, 1.82) is 0 Å². The Bertz CT molecular complexity index is 694. The van der Waals surface area contributed by atoms with Crippen molar-refractivity contribution in [2.45, 2.75) is 26.2 Å². The van der Waals surface area contributed by atoms with Gasteiger partial charge in [-0.05, 0) is 42.2 Å². The van der Waals surface area contributed by atoms with Crippen molar-refractivity contribution in [3.8, 4) is 0 Å². The highest BCUT2D eigenvalue weighted by molar-refractivity contribution is 5.92. The molecule has 1 fully saturated rings. The van der Waals surface area contributed by atoms with Crippen LogP contribution < -0.4 is 10.2 Å². The van der Waals surface area contributed by atoms with E-state index in [4.69, 9.17) is 0 Å². The van der Waals surface area contributed by atoms with E-state index in [-0.39, 0.29) is 5.91 Å². The second-order valence-electron chi connectivity index (χ2n) is 6.93. The highest BCUT2D eigenvalue weighted by Gasteiger charge is 2.19. The van der Waals surface area contributed by atoms with Crippen molar-refractivity contribution >= 4 is 17.4 Å². The lowest BCUT2D eigenvalue weighted by molar-refractivity contribution is -0.117. The predicted octanol–water partition coefficient (Wildman–Crippen LogP) is 3.36. The fourth-order valence-electron chi connectivity index (χ4n) is 3.21. The lowest BCUT2D eigenvalue weighted by atomic mass is 9.99. The maximum absolute atomic E-state index is 12.3. The van der Waals surface area contributed by atoms with Gasteiger partial charge in [0.05, 0.1) is 6.54 Å². The van der Waals surface area contributed by atoms with Crippen LogP contribution in [0.15, 0.2) is 48.7 Å². The first-order valence-electron chi connectivity index (χ1n) is 9.44. The molecule has 1 aliphatic heterocycles. The van der Waals surface area contributed by atoms with Gasteiger partial charge >= 0.3 is 0 Å². The summed E-state index contributed by atoms with van der Waals surface area (Å²) in [5.41, 5.74) is 2.19. The molecule has 26 heavy (non-hydrogen) atoms. The number of rotatable bonds is 6. The highest BCUT2D eigenvalue weighted by Crippen LogP contribution is 2.20. The molecule has 1 amide bonds. The lowest BCUT2D eigenvalue weighted by Crippen LogP contribution is -2.48. The highest BCUT2D eigenvalue weighted by atomic mass is 16.2. The molecule has 1 saturated heterocycles. The van der Waals surface area contributed by atoms with Gasteiger partial charge in [-0.3, -0.25) is 9.69 Å². The van der Waals surface area contributed by atoms with Crippen LogP contribution in [0.25, 0.3) is 0 Å². The first kappa shape index (κ1) is 18.4. The maximum atomic E-state index is 12.3. The quantitative estimate of drug-likeness (QED) is 0.866. The number of hydrogen-bond acceptors (Lipinski definition) is 4. The third-order valence-electron chi connectivity index (χ3n) is 5.09. The van der Waals surface area contributed by atoms with Crippen LogP contribution in [-0.2, 0) is 4.79 Å². The molecule has 2 heterocycles. The summed E-state index contributed by atoms with van der Waals surface area (Å²) >= 11 is 0. The Morgan fingerprint density at radius 2 is 1.85 bits per heavy atom. The number of nitrogens with zero attached hydrogens (tertiary/aromatic N) is 3. The molecule has 0 bridgehead atoms. The summed E-state index contributed by atoms with van der Waals surface area (Å²) in [6.45, 7) is 8.38. The lowest BCUT2D eigenvalue weighted by Gasteiger charge is -2.34. The zero-order valence-electron chi connectivity index (χ0n) is 15.7. The second kappa shape index (κ2) is 8.81. The monoisotopic (exact) mass is 352 g/mol. The molecule has 0 radical (unpaired) electrons. The molecule has 1 aliphatic rings. The van der Waals surface area contributed by atoms with Gasteiger partial charge in [0, 0.05) is 38.1 Å². The summed E-state index contributed by atoms with van der Waals surface area (Å²) in [5, 5.41) is 3.01. The molecule has 5 heteroatoms. The number of benzene rings is 1. The summed E-state index contributed by atoms with van der Waals surface area (Å²) in [5.74, 6) is 1.61. The van der Waals surface area contributed by atoms with E-state index in [9.17, 15) is 4.79 Å². The number of anilines is 2. The third-order valence-corrected chi connectivity index (χ3v) is 5.09. The Balaban J connectivity index is 1.46. The minimum Gasteiger partial charge on any atom is -0.354 e. The molecule has 0 spiro atoms. The first-order valence-corrected chi connectivity index (χ1v) is 9.44. The van der Waals surface area contributed by atoms with E-state index in [0.717, 1.165) is 44.1 Å². The smallest absolute Gasteiger partial charge is 0.238 e. The Morgan fingerprint density at radius 1 is 1.12 bits per heavy atom. The first-order chi connectivity index (χ1) is 12.7. The second-order valence-corrected chi connectivity index (χ2v) is 6.93. The Labute approximate surface area is 156 Å². The van der Waals surface area contributed by atoms with Gasteiger partial charge in [0.1, 0.15) is 5.82 Å². The molecule has 5 nitrogen and oxygen atoms in total. The van der Waals surface area contributed by atoms with Crippen LogP contribution >= 0.6 is 0 Å². The summed E-state index contributed by atoms with van der Waals surface area (Å²) in [6, 6.07) is 14.2. The third kappa shape index (κ3) is 4.82. The Hall–Kier alpha value is -2.40. The van der Waals surface area contributed by atoms with Crippen LogP contribution in [0.4, 0.5) is 11.5 Å². The number of aromatic nitrogens is 1. The molecule has 1 N–H and O–H groups in total. The Morgan fingerprint density at radius 3 is 2.46 bits per heavy atom. The van der Waals surface area contributed by atoms with Crippen molar-refractivity contribution in [3.63, 3.8) is 0 Å². The normalized spacial score (nSPS) is 16.3. The summed E-state index contributed by atoms with van der Waals surface area (Å²) in [7, 11) is 0. The van der Waals surface area contributed by atoms with E-state index >= 15 is 0 Å². The van der Waals surface area contributed by atoms with Crippen LogP contribution in [0.5, 0.6) is 0 Å². The van der Waals surface area contributed by atoms with Crippen molar-refractivity contribution in [2.24, 2.45) is 0 Å². The van der Waals surface area contributed by atoms with Crippen molar-refractivity contribution in [2.75, 3.05) is 42.9 Å². The molecule has 1 aromatic carbocycles. The number of amides is 1. The molecular formula is C21H28N4O. The molecule has 0 saturated carbocycles. The largest absolute Gasteiger partial charge is 0.354 e. The van der Waals surface area contributed by atoms with Gasteiger partial charge < -0.3 is 10.2 Å². The van der Waals surface area contributed by atoms with Crippen LogP contribution in [0.3, 0.4) is 0 Å². The van der Waals surface area contributed by atoms with Crippen LogP contribution in [0, 0.1) is 0 Å². The van der Waals surface area contributed by atoms with Gasteiger partial charge in [0.15, 0.2) is 0 Å². The van der Waals surface area contributed by atoms with Crippen LogP contribution in [0.2, 0.25) is 0 Å². The van der Waals surface area contributed by atoms with Crippen molar-refractivity contribution in [3.05, 3.63) is 54.2 Å². The van der Waals surface area contributed by atoms with Gasteiger partial charge in [-0.2, -0.15) is 0 Å². The van der Waals surface area contributed by atoms with E-state index in [1.807, 2.05) is 36.5 Å². The fourth-order valence-corrected chi connectivity index (χ4v) is 3.21. The standard InChI is InChI=1S/C21H28N4O/c1-3-17(2)18-7-9-19(10-8-18)23-21(26)16-24-12-14-25(15-13-24)20-6-4-5-11-22-20/h4-11,17H,3,12-16H2,1-2H3,(H,23,26). The number of piperazine rings is 1. The number of carbonyl (C=O) groups is 1. The van der Waals surface area contributed by atoms with Crippen molar-refractivity contribution in [1.82, 2.24) is 9.88 Å². The topological polar surface area (TPSA) is 48.5 Å². The molecule has 2 aromatic rings. The van der Waals surface area contributed by atoms with Crippen LogP contribution in [-0.4, -0.2) is 48.5 Å². The fraction of sp³-hybridized carbons (Fsp3) is 0.429. The molecule has 1 atom stereocenters. The number of carbonyl (C=O) groups excluding carboxylic acids is 1. The van der Waals surface area contributed by atoms with Gasteiger partial charge in [-0.1, -0.05) is 32.0 Å². The van der Waals surface area contributed by atoms with Gasteiger partial charge in [-0.25, -0.2) is 4.98 Å². The van der Waals surface area contributed by atoms with Crippen molar-refractivity contribution < 1.29 is 4.79 Å². The summed E-state index contributed by atoms with van der Waals surface area (Å²) in [4.78, 5) is 21.2. The van der Waals surface area contributed by atoms with E-state index in [1.165, 1.54) is 5.56 Å². The minimum absolute atomic E-state index is 0.0487. The number of pyridine rings is 1. The van der Waals surface area contributed by atoms with E-state index < -0.39 is 0 Å². The SMILES string of the molecule is CCC(C)c1ccc(NC(=O)CN2CCN(c3ccccn3)CC2)cc1. The van der Waals surface area contributed by atoms with E-state index in [0.29, 0.717) is 12.5 Å². The van der Waals surface area contributed by atoms with Gasteiger partial charge in [0.2, 0.25) is 5.91 Å². The minimum atomic E-state index is 0.0487. The number of nitrogens with one attached hydrogen (secondary N) is 1. The molecular weight excluding hydrogens is 324 g/mol. The molecule has 138 valence electrons. The summed E-state index contributed by atoms with van der Waals surface area (Å²) in [6.07, 6.45) is 2.94. The molecule has 0 aliphatic carbocycles. The molecule has 1 unspecified atom stereocenters. The van der Waals surface area contributed by atoms with Gasteiger partial charge in [-0.15, -0.1) is 0 Å². The van der Waals surface area contributed by atoms with E-state index in [1.54, 1.807) is 0 Å².